The van der Waals surface area contributed by atoms with Crippen molar-refractivity contribution in [1.82, 2.24) is 15.3 Å². The molecule has 102 valence electrons. The lowest BCUT2D eigenvalue weighted by Gasteiger charge is -2.31. The molecule has 1 aliphatic heterocycles. The van der Waals surface area contributed by atoms with E-state index in [9.17, 15) is 10.1 Å². The number of hydrogen-bond acceptors (Lipinski definition) is 6. The fourth-order valence-electron chi connectivity index (χ4n) is 1.66. The number of nitrogens with zero attached hydrogens (tertiary/aromatic N) is 4. The molecule has 1 atom stereocenters. The first-order valence-corrected chi connectivity index (χ1v) is 5.84. The minimum absolute atomic E-state index is 0.0756. The molecule has 0 aromatic carbocycles. The molecule has 2 rings (SSSR count). The van der Waals surface area contributed by atoms with Gasteiger partial charge in [-0.15, -0.1) is 0 Å². The number of pyridine rings is 1. The van der Waals surface area contributed by atoms with Crippen molar-refractivity contribution in [3.8, 4) is 0 Å². The third kappa shape index (κ3) is 3.52. The first-order valence-electron chi connectivity index (χ1n) is 5.46. The first-order chi connectivity index (χ1) is 9.06. The molecule has 1 aliphatic rings. The molecule has 8 nitrogen and oxygen atoms in total. The number of nitrogens with one attached hydrogen (secondary N) is 1. The number of hydrogen-bond donors (Lipinski definition) is 1. The van der Waals surface area contributed by atoms with Gasteiger partial charge in [-0.3, -0.25) is 0 Å². The summed E-state index contributed by atoms with van der Waals surface area (Å²) < 4.78 is 5.45. The second kappa shape index (κ2) is 5.81. The minimum atomic E-state index is -0.651. The Balaban J connectivity index is 2.03. The number of aromatic nitrogens is 1. The molecule has 0 bridgehead atoms. The number of likely N-dealkylation sites (N-methyl/N-ethyl adjacent to an activating group) is 1. The van der Waals surface area contributed by atoms with E-state index in [1.54, 1.807) is 24.2 Å². The SMILES string of the molecule is CN1C(N[N+](=O)[O-])=NCOC1Cc1ccc(Cl)nc1. The molecule has 1 aromatic heterocycles. The van der Waals surface area contributed by atoms with Gasteiger partial charge < -0.3 is 9.64 Å². The predicted molar refractivity (Wildman–Crippen MR) is 68.0 cm³/mol. The number of aliphatic imine (C=N–C) groups is 1. The summed E-state index contributed by atoms with van der Waals surface area (Å²) in [4.78, 5) is 19.9. The van der Waals surface area contributed by atoms with Crippen molar-refractivity contribution in [2.24, 2.45) is 4.99 Å². The van der Waals surface area contributed by atoms with Crippen LogP contribution in [0.15, 0.2) is 23.3 Å². The van der Waals surface area contributed by atoms with E-state index >= 15 is 0 Å². The molecule has 0 radical (unpaired) electrons. The van der Waals surface area contributed by atoms with Crippen LogP contribution in [0.25, 0.3) is 0 Å². The Morgan fingerprint density at radius 3 is 3.11 bits per heavy atom. The van der Waals surface area contributed by atoms with Gasteiger partial charge in [0.2, 0.25) is 0 Å². The number of guanidine groups is 1. The van der Waals surface area contributed by atoms with Crippen LogP contribution in [0.1, 0.15) is 5.56 Å². The molecule has 1 unspecified atom stereocenters. The number of halogens is 1. The van der Waals surface area contributed by atoms with Crippen molar-refractivity contribution in [3.63, 3.8) is 0 Å². The quantitative estimate of drug-likeness (QED) is 0.498. The smallest absolute Gasteiger partial charge is 0.260 e. The monoisotopic (exact) mass is 285 g/mol. The average Bonchev–Trinajstić information content (AvgIpc) is 2.36. The fourth-order valence-corrected chi connectivity index (χ4v) is 1.78. The molecule has 0 fully saturated rings. The Morgan fingerprint density at radius 2 is 2.47 bits per heavy atom. The predicted octanol–water partition coefficient (Wildman–Crippen LogP) is 0.660. The lowest BCUT2D eigenvalue weighted by molar-refractivity contribution is -0.527. The van der Waals surface area contributed by atoms with Crippen LogP contribution in [0.3, 0.4) is 0 Å². The molecular formula is C10H12ClN5O3. The van der Waals surface area contributed by atoms with Crippen molar-refractivity contribution >= 4 is 17.6 Å². The highest BCUT2D eigenvalue weighted by atomic mass is 35.5. The lowest BCUT2D eigenvalue weighted by atomic mass is 10.2. The molecular weight excluding hydrogens is 274 g/mol. The van der Waals surface area contributed by atoms with E-state index in [2.05, 4.69) is 9.98 Å². The summed E-state index contributed by atoms with van der Waals surface area (Å²) >= 11 is 5.71. The molecule has 0 spiro atoms. The maximum atomic E-state index is 10.4. The number of rotatable bonds is 3. The highest BCUT2D eigenvalue weighted by molar-refractivity contribution is 6.29. The van der Waals surface area contributed by atoms with E-state index in [1.807, 2.05) is 11.5 Å². The van der Waals surface area contributed by atoms with E-state index in [0.29, 0.717) is 11.6 Å². The van der Waals surface area contributed by atoms with Gasteiger partial charge in [0.05, 0.1) is 0 Å². The summed E-state index contributed by atoms with van der Waals surface area (Å²) in [6, 6.07) is 3.52. The van der Waals surface area contributed by atoms with Gasteiger partial charge in [-0.2, -0.15) is 0 Å². The fraction of sp³-hybridized carbons (Fsp3) is 0.400. The maximum absolute atomic E-state index is 10.4. The lowest BCUT2D eigenvalue weighted by Crippen LogP contribution is -2.51. The minimum Gasteiger partial charge on any atom is -0.336 e. The van der Waals surface area contributed by atoms with Gasteiger partial charge in [0, 0.05) is 19.7 Å². The summed E-state index contributed by atoms with van der Waals surface area (Å²) in [5.74, 6) is 0.170. The van der Waals surface area contributed by atoms with E-state index in [-0.39, 0.29) is 18.9 Å². The zero-order chi connectivity index (χ0) is 13.8. The number of ether oxygens (including phenoxy) is 1. The Bertz CT molecular complexity index is 492. The maximum Gasteiger partial charge on any atom is 0.260 e. The standard InChI is InChI=1S/C10H12ClN5O3/c1-15-9(4-7-2-3-8(11)12-5-7)19-6-13-10(15)14-16(17)18/h2-3,5,9H,4,6H2,1H3,(H,13,14). The molecule has 0 amide bonds. The van der Waals surface area contributed by atoms with Crippen molar-refractivity contribution in [1.29, 1.82) is 0 Å². The highest BCUT2D eigenvalue weighted by Gasteiger charge is 2.25. The Hall–Kier alpha value is -1.93. The van der Waals surface area contributed by atoms with Crippen LogP contribution >= 0.6 is 11.6 Å². The van der Waals surface area contributed by atoms with Crippen LogP contribution in [-0.2, 0) is 11.2 Å². The van der Waals surface area contributed by atoms with E-state index in [4.69, 9.17) is 16.3 Å². The molecule has 0 saturated carbocycles. The van der Waals surface area contributed by atoms with E-state index < -0.39 is 5.03 Å². The van der Waals surface area contributed by atoms with Crippen LogP contribution < -0.4 is 5.43 Å². The van der Waals surface area contributed by atoms with Gasteiger partial charge in [-0.1, -0.05) is 23.1 Å². The van der Waals surface area contributed by atoms with Crippen LogP contribution in [0.4, 0.5) is 0 Å². The third-order valence-electron chi connectivity index (χ3n) is 2.64. The summed E-state index contributed by atoms with van der Waals surface area (Å²) in [6.45, 7) is 0.0756. The topological polar surface area (TPSA) is 92.9 Å². The Morgan fingerprint density at radius 1 is 1.68 bits per heavy atom. The summed E-state index contributed by atoms with van der Waals surface area (Å²) in [5, 5.41) is 10.2. The Kier molecular flexibility index (Phi) is 4.13. The molecule has 2 heterocycles. The Labute approximate surface area is 114 Å². The van der Waals surface area contributed by atoms with Crippen molar-refractivity contribution in [3.05, 3.63) is 39.2 Å². The van der Waals surface area contributed by atoms with Gasteiger partial charge in [-0.05, 0) is 11.6 Å². The highest BCUT2D eigenvalue weighted by Crippen LogP contribution is 2.13. The largest absolute Gasteiger partial charge is 0.336 e. The molecule has 1 N–H and O–H groups in total. The van der Waals surface area contributed by atoms with Crippen molar-refractivity contribution in [2.45, 2.75) is 12.6 Å². The second-order valence-corrected chi connectivity index (χ2v) is 4.29. The zero-order valence-electron chi connectivity index (χ0n) is 10.1. The van der Waals surface area contributed by atoms with Gasteiger partial charge >= 0.3 is 0 Å². The van der Waals surface area contributed by atoms with Gasteiger partial charge in [0.25, 0.3) is 5.96 Å². The van der Waals surface area contributed by atoms with E-state index in [1.165, 1.54) is 0 Å². The van der Waals surface area contributed by atoms with Crippen LogP contribution in [0.2, 0.25) is 5.15 Å². The average molecular weight is 286 g/mol. The number of nitro groups is 1. The van der Waals surface area contributed by atoms with Gasteiger partial charge in [-0.25, -0.2) is 20.1 Å². The number of hydrazine groups is 1. The van der Waals surface area contributed by atoms with Crippen LogP contribution in [0, 0.1) is 10.1 Å². The first kappa shape index (κ1) is 13.5. The van der Waals surface area contributed by atoms with Gasteiger partial charge in [0.15, 0.2) is 5.03 Å². The molecule has 9 heteroatoms. The second-order valence-electron chi connectivity index (χ2n) is 3.91. The summed E-state index contributed by atoms with van der Waals surface area (Å²) in [5.41, 5.74) is 2.96. The van der Waals surface area contributed by atoms with Crippen LogP contribution in [-0.4, -0.2) is 40.9 Å². The molecule has 0 saturated heterocycles. The van der Waals surface area contributed by atoms with Crippen LogP contribution in [0.5, 0.6) is 0 Å². The third-order valence-corrected chi connectivity index (χ3v) is 2.86. The normalized spacial score (nSPS) is 18.9. The molecule has 0 aliphatic carbocycles. The summed E-state index contributed by atoms with van der Waals surface area (Å²) in [6.07, 6.45) is 1.83. The van der Waals surface area contributed by atoms with Crippen molar-refractivity contribution < 1.29 is 9.77 Å². The summed E-state index contributed by atoms with van der Waals surface area (Å²) in [7, 11) is 1.67. The van der Waals surface area contributed by atoms with E-state index in [0.717, 1.165) is 5.56 Å². The van der Waals surface area contributed by atoms with Gasteiger partial charge in [0.1, 0.15) is 18.1 Å². The van der Waals surface area contributed by atoms with Crippen molar-refractivity contribution in [2.75, 3.05) is 13.8 Å². The molecule has 19 heavy (non-hydrogen) atoms. The molecule has 1 aromatic rings. The zero-order valence-corrected chi connectivity index (χ0v) is 10.9.